The van der Waals surface area contributed by atoms with Crippen LogP contribution in [-0.2, 0) is 6.54 Å². The first kappa shape index (κ1) is 28.4. The number of nitrogens with zero attached hydrogens (tertiary/aromatic N) is 2. The number of aromatic nitrogens is 2. The molecule has 0 saturated heterocycles. The molecule has 1 aliphatic carbocycles. The summed E-state index contributed by atoms with van der Waals surface area (Å²) in [6, 6.07) is 20.4. The van der Waals surface area contributed by atoms with Crippen molar-refractivity contribution >= 4 is 11.0 Å². The number of allylic oxidation sites excluding steroid dienone is 3. The molecule has 1 aliphatic heterocycles. The molecule has 0 fully saturated rings. The molecule has 2 heterocycles. The number of aromatic amines is 1. The molecule has 4 atom stereocenters. The summed E-state index contributed by atoms with van der Waals surface area (Å²) < 4.78 is 20.8. The van der Waals surface area contributed by atoms with Gasteiger partial charge in [-0.05, 0) is 90.8 Å². The number of H-pyrrole nitrogens is 1. The van der Waals surface area contributed by atoms with Crippen LogP contribution in [0.25, 0.3) is 22.2 Å². The van der Waals surface area contributed by atoms with E-state index in [1.165, 1.54) is 22.3 Å². The SMILES string of the molecule is CCC1CC=CC(C)C(C)=C(C(C)c2cccc(F)c2)C1N1CCOc2ccc(-c3ccc4nc(C)[nH]c4c3)cc2C1. The van der Waals surface area contributed by atoms with Gasteiger partial charge >= 0.3 is 0 Å². The number of benzene rings is 3. The predicted molar refractivity (Wildman–Crippen MR) is 170 cm³/mol. The van der Waals surface area contributed by atoms with Crippen LogP contribution in [0.15, 0.2) is 84.0 Å². The minimum absolute atomic E-state index is 0.105. The number of nitrogens with one attached hydrogen (secondary N) is 1. The van der Waals surface area contributed by atoms with E-state index >= 15 is 0 Å². The van der Waals surface area contributed by atoms with Gasteiger partial charge in [-0.15, -0.1) is 0 Å². The number of halogens is 1. The van der Waals surface area contributed by atoms with Gasteiger partial charge in [-0.2, -0.15) is 0 Å². The summed E-state index contributed by atoms with van der Waals surface area (Å²) in [5, 5.41) is 0. The number of fused-ring (bicyclic) bond motifs is 2. The Bertz CT molecular complexity index is 1650. The highest BCUT2D eigenvalue weighted by atomic mass is 19.1. The largest absolute Gasteiger partial charge is 0.492 e. The number of ether oxygens (including phenoxy) is 1. The minimum atomic E-state index is -0.173. The molecular formula is C37H42FN3O. The van der Waals surface area contributed by atoms with Crippen molar-refractivity contribution in [1.82, 2.24) is 14.9 Å². The van der Waals surface area contributed by atoms with Gasteiger partial charge in [0.2, 0.25) is 0 Å². The van der Waals surface area contributed by atoms with Gasteiger partial charge in [0.25, 0.3) is 0 Å². The van der Waals surface area contributed by atoms with Crippen molar-refractivity contribution in [2.75, 3.05) is 13.2 Å². The molecule has 42 heavy (non-hydrogen) atoms. The Kier molecular flexibility index (Phi) is 8.04. The van der Waals surface area contributed by atoms with Gasteiger partial charge in [0.15, 0.2) is 0 Å². The van der Waals surface area contributed by atoms with E-state index in [0.717, 1.165) is 59.7 Å². The van der Waals surface area contributed by atoms with Crippen LogP contribution in [0.3, 0.4) is 0 Å². The molecule has 4 unspecified atom stereocenters. The summed E-state index contributed by atoms with van der Waals surface area (Å²) in [5.41, 5.74) is 9.46. The van der Waals surface area contributed by atoms with Crippen molar-refractivity contribution in [2.24, 2.45) is 11.8 Å². The van der Waals surface area contributed by atoms with Crippen LogP contribution in [0.5, 0.6) is 5.75 Å². The minimum Gasteiger partial charge on any atom is -0.492 e. The maximum Gasteiger partial charge on any atom is 0.123 e. The first-order valence-corrected chi connectivity index (χ1v) is 15.4. The number of aryl methyl sites for hydroxylation is 1. The van der Waals surface area contributed by atoms with Crippen LogP contribution in [0.4, 0.5) is 4.39 Å². The highest BCUT2D eigenvalue weighted by Gasteiger charge is 2.36. The van der Waals surface area contributed by atoms with Crippen LogP contribution in [0, 0.1) is 24.6 Å². The first-order valence-electron chi connectivity index (χ1n) is 15.4. The topological polar surface area (TPSA) is 41.1 Å². The van der Waals surface area contributed by atoms with E-state index in [1.807, 2.05) is 13.0 Å². The monoisotopic (exact) mass is 563 g/mol. The van der Waals surface area contributed by atoms with E-state index in [-0.39, 0.29) is 17.8 Å². The second kappa shape index (κ2) is 11.9. The maximum absolute atomic E-state index is 14.4. The summed E-state index contributed by atoms with van der Waals surface area (Å²) >= 11 is 0. The molecule has 5 heteroatoms. The van der Waals surface area contributed by atoms with Crippen molar-refractivity contribution in [3.8, 4) is 16.9 Å². The Morgan fingerprint density at radius 2 is 1.88 bits per heavy atom. The zero-order chi connectivity index (χ0) is 29.4. The zero-order valence-corrected chi connectivity index (χ0v) is 25.5. The van der Waals surface area contributed by atoms with E-state index in [4.69, 9.17) is 4.74 Å². The molecule has 4 nitrogen and oxygen atoms in total. The number of hydrogen-bond donors (Lipinski definition) is 1. The van der Waals surface area contributed by atoms with Gasteiger partial charge in [0.1, 0.15) is 24.0 Å². The lowest BCUT2D eigenvalue weighted by molar-refractivity contribution is 0.137. The Hall–Kier alpha value is -3.70. The summed E-state index contributed by atoms with van der Waals surface area (Å²) in [7, 11) is 0. The van der Waals surface area contributed by atoms with Crippen molar-refractivity contribution in [1.29, 1.82) is 0 Å². The molecule has 3 aromatic carbocycles. The predicted octanol–water partition coefficient (Wildman–Crippen LogP) is 8.98. The number of hydrogen-bond acceptors (Lipinski definition) is 3. The van der Waals surface area contributed by atoms with E-state index in [9.17, 15) is 4.39 Å². The van der Waals surface area contributed by atoms with Gasteiger partial charge in [-0.3, -0.25) is 4.90 Å². The molecule has 4 aromatic rings. The highest BCUT2D eigenvalue weighted by molar-refractivity contribution is 5.82. The van der Waals surface area contributed by atoms with Gasteiger partial charge in [-0.25, -0.2) is 9.37 Å². The first-order chi connectivity index (χ1) is 20.3. The third kappa shape index (κ3) is 5.55. The zero-order valence-electron chi connectivity index (χ0n) is 25.5. The Labute approximate surface area is 249 Å². The average molecular weight is 564 g/mol. The van der Waals surface area contributed by atoms with E-state index in [1.54, 1.807) is 12.1 Å². The molecule has 0 spiro atoms. The van der Waals surface area contributed by atoms with Crippen molar-refractivity contribution in [3.63, 3.8) is 0 Å². The molecule has 1 N–H and O–H groups in total. The van der Waals surface area contributed by atoms with Crippen LogP contribution < -0.4 is 4.74 Å². The highest BCUT2D eigenvalue weighted by Crippen LogP contribution is 2.42. The van der Waals surface area contributed by atoms with Crippen LogP contribution in [0.1, 0.15) is 63.4 Å². The quantitative estimate of drug-likeness (QED) is 0.246. The normalized spacial score (nSPS) is 22.3. The Morgan fingerprint density at radius 3 is 2.69 bits per heavy atom. The Balaban J connectivity index is 1.41. The molecule has 0 amide bonds. The third-order valence-corrected chi connectivity index (χ3v) is 9.50. The van der Waals surface area contributed by atoms with Gasteiger partial charge in [0, 0.05) is 30.6 Å². The molecule has 218 valence electrons. The second-order valence-electron chi connectivity index (χ2n) is 12.2. The summed E-state index contributed by atoms with van der Waals surface area (Å²) in [5.74, 6) is 2.60. The third-order valence-electron chi connectivity index (χ3n) is 9.50. The standard InChI is InChI=1S/C37H42FN3O/c1-6-27-10-7-9-23(2)24(3)36(25(4)28-11-8-12-32(38)20-28)37(27)41-17-18-42-35-16-14-29(19-31(35)22-41)30-13-15-33-34(21-30)40-26(5)39-33/h7-9,11-16,19-21,23,25,27,37H,6,10,17-18,22H2,1-5H3,(H,39,40). The van der Waals surface area contributed by atoms with Crippen LogP contribution in [-0.4, -0.2) is 34.1 Å². The molecular weight excluding hydrogens is 521 g/mol. The summed E-state index contributed by atoms with van der Waals surface area (Å²) in [6.45, 7) is 13.4. The average Bonchev–Trinajstić information content (AvgIpc) is 3.23. The smallest absolute Gasteiger partial charge is 0.123 e. The van der Waals surface area contributed by atoms with Crippen molar-refractivity contribution < 1.29 is 9.13 Å². The van der Waals surface area contributed by atoms with Crippen LogP contribution in [0.2, 0.25) is 0 Å². The Morgan fingerprint density at radius 1 is 1.07 bits per heavy atom. The fourth-order valence-electron chi connectivity index (χ4n) is 7.07. The molecule has 6 rings (SSSR count). The molecule has 1 aromatic heterocycles. The van der Waals surface area contributed by atoms with E-state index in [2.05, 4.69) is 97.2 Å². The van der Waals surface area contributed by atoms with Crippen molar-refractivity contribution in [2.45, 2.75) is 66.0 Å². The van der Waals surface area contributed by atoms with Crippen LogP contribution >= 0.6 is 0 Å². The maximum atomic E-state index is 14.4. The van der Waals surface area contributed by atoms with Gasteiger partial charge in [-0.1, -0.05) is 69.2 Å². The fraction of sp³-hybridized carbons (Fsp3) is 0.378. The molecule has 2 aliphatic rings. The number of rotatable bonds is 5. The van der Waals surface area contributed by atoms with Gasteiger partial charge in [0.05, 0.1) is 11.0 Å². The molecule has 0 saturated carbocycles. The number of imidazole rings is 1. The summed E-state index contributed by atoms with van der Waals surface area (Å²) in [4.78, 5) is 10.6. The molecule has 0 radical (unpaired) electrons. The van der Waals surface area contributed by atoms with Gasteiger partial charge < -0.3 is 9.72 Å². The second-order valence-corrected chi connectivity index (χ2v) is 12.2. The lowest BCUT2D eigenvalue weighted by Crippen LogP contribution is -2.44. The fourth-order valence-corrected chi connectivity index (χ4v) is 7.07. The lowest BCUT2D eigenvalue weighted by atomic mass is 9.74. The van der Waals surface area contributed by atoms with E-state index in [0.29, 0.717) is 18.4 Å². The lowest BCUT2D eigenvalue weighted by Gasteiger charge is -2.42. The van der Waals surface area contributed by atoms with Crippen molar-refractivity contribution in [3.05, 3.63) is 107 Å². The summed E-state index contributed by atoms with van der Waals surface area (Å²) in [6.07, 6.45) is 6.85. The molecule has 0 bridgehead atoms. The van der Waals surface area contributed by atoms with E-state index < -0.39 is 0 Å².